The molecule has 2 fully saturated rings. The van der Waals surface area contributed by atoms with Crippen molar-refractivity contribution in [3.05, 3.63) is 18.0 Å². The Morgan fingerprint density at radius 1 is 1.44 bits per heavy atom. The van der Waals surface area contributed by atoms with Crippen LogP contribution in [0.15, 0.2) is 16.9 Å². The van der Waals surface area contributed by atoms with Crippen LogP contribution >= 0.6 is 0 Å². The van der Waals surface area contributed by atoms with Crippen LogP contribution in [0.2, 0.25) is 0 Å². The van der Waals surface area contributed by atoms with Gasteiger partial charge in [0.2, 0.25) is 5.91 Å². The van der Waals surface area contributed by atoms with E-state index in [0.29, 0.717) is 11.8 Å². The van der Waals surface area contributed by atoms with Crippen molar-refractivity contribution in [1.29, 1.82) is 0 Å². The minimum Gasteiger partial charge on any atom is -0.364 e. The topological polar surface area (TPSA) is 58.4 Å². The fraction of sp³-hybridized carbons (Fsp3) is 0.692. The fourth-order valence-corrected chi connectivity index (χ4v) is 3.05. The van der Waals surface area contributed by atoms with Crippen LogP contribution in [0.5, 0.6) is 0 Å². The van der Waals surface area contributed by atoms with Gasteiger partial charge in [-0.15, -0.1) is 0 Å². The molecule has 1 spiro atoms. The lowest BCUT2D eigenvalue weighted by Crippen LogP contribution is -2.44. The number of piperidine rings is 1. The van der Waals surface area contributed by atoms with Crippen LogP contribution in [-0.2, 0) is 11.2 Å². The van der Waals surface area contributed by atoms with Crippen molar-refractivity contribution in [3.8, 4) is 0 Å². The molecule has 1 aromatic heterocycles. The molecule has 0 aliphatic carbocycles. The number of likely N-dealkylation sites (tertiary alicyclic amines) is 1. The van der Waals surface area contributed by atoms with Gasteiger partial charge in [0.25, 0.3) is 0 Å². The summed E-state index contributed by atoms with van der Waals surface area (Å²) < 4.78 is 4.75. The van der Waals surface area contributed by atoms with E-state index in [9.17, 15) is 4.79 Å². The first-order valence-electron chi connectivity index (χ1n) is 6.65. The molecular formula is C13H19N3O2. The molecule has 3 heterocycles. The Hall–Kier alpha value is -1.36. The van der Waals surface area contributed by atoms with E-state index >= 15 is 0 Å². The van der Waals surface area contributed by atoms with Crippen LogP contribution in [0.1, 0.15) is 25.0 Å². The summed E-state index contributed by atoms with van der Waals surface area (Å²) in [6.45, 7) is 4.03. The number of hydrogen-bond donors (Lipinski definition) is 1. The van der Waals surface area contributed by atoms with Gasteiger partial charge in [0.05, 0.1) is 12.1 Å². The third-order valence-electron chi connectivity index (χ3n) is 4.33. The number of carbonyl (C=O) groups excluding carboxylic acids is 1. The zero-order valence-electron chi connectivity index (χ0n) is 10.5. The fourth-order valence-electron chi connectivity index (χ4n) is 3.05. The first-order valence-corrected chi connectivity index (χ1v) is 6.65. The van der Waals surface area contributed by atoms with E-state index in [4.69, 9.17) is 4.52 Å². The maximum Gasteiger partial charge on any atom is 0.228 e. The molecule has 0 unspecified atom stereocenters. The highest BCUT2D eigenvalue weighted by Gasteiger charge is 2.37. The second-order valence-electron chi connectivity index (χ2n) is 5.48. The van der Waals surface area contributed by atoms with E-state index in [0.717, 1.165) is 44.7 Å². The van der Waals surface area contributed by atoms with Gasteiger partial charge < -0.3 is 14.7 Å². The Morgan fingerprint density at radius 3 is 2.89 bits per heavy atom. The average molecular weight is 249 g/mol. The molecule has 3 rings (SSSR count). The van der Waals surface area contributed by atoms with Crippen LogP contribution in [-0.4, -0.2) is 42.1 Å². The van der Waals surface area contributed by atoms with E-state index in [1.54, 1.807) is 6.07 Å². The Labute approximate surface area is 107 Å². The second-order valence-corrected chi connectivity index (χ2v) is 5.48. The molecule has 98 valence electrons. The molecule has 0 aromatic carbocycles. The average Bonchev–Trinajstić information content (AvgIpc) is 3.03. The lowest BCUT2D eigenvalue weighted by atomic mass is 9.78. The summed E-state index contributed by atoms with van der Waals surface area (Å²) in [5.74, 6) is 0.171. The summed E-state index contributed by atoms with van der Waals surface area (Å²) in [5, 5.41) is 7.23. The molecule has 18 heavy (non-hydrogen) atoms. The normalized spacial score (nSPS) is 22.6. The van der Waals surface area contributed by atoms with Crippen LogP contribution in [0.25, 0.3) is 0 Å². The van der Waals surface area contributed by atoms with Gasteiger partial charge in [-0.05, 0) is 31.2 Å². The van der Waals surface area contributed by atoms with Crippen molar-refractivity contribution in [1.82, 2.24) is 15.4 Å². The smallest absolute Gasteiger partial charge is 0.228 e. The number of nitrogens with zero attached hydrogens (tertiary/aromatic N) is 2. The largest absolute Gasteiger partial charge is 0.364 e. The molecule has 0 bridgehead atoms. The molecule has 2 saturated heterocycles. The third-order valence-corrected chi connectivity index (χ3v) is 4.33. The van der Waals surface area contributed by atoms with Gasteiger partial charge >= 0.3 is 0 Å². The molecule has 2 aliphatic rings. The lowest BCUT2D eigenvalue weighted by Gasteiger charge is -2.38. The van der Waals surface area contributed by atoms with Crippen molar-refractivity contribution in [2.75, 3.05) is 26.2 Å². The molecule has 1 aromatic rings. The Bertz CT molecular complexity index is 400. The van der Waals surface area contributed by atoms with E-state index in [-0.39, 0.29) is 5.91 Å². The number of aromatic nitrogens is 1. The van der Waals surface area contributed by atoms with Gasteiger partial charge in [0.15, 0.2) is 0 Å². The molecule has 5 heteroatoms. The molecule has 0 atom stereocenters. The van der Waals surface area contributed by atoms with Crippen LogP contribution in [0.3, 0.4) is 0 Å². The standard InChI is InChI=1S/C13H19N3O2/c17-12(9-11-1-8-18-15-11)16-6-3-13(4-7-16)2-5-14-10-13/h1,8,14H,2-7,9-10H2. The van der Waals surface area contributed by atoms with E-state index in [2.05, 4.69) is 10.5 Å². The highest BCUT2D eigenvalue weighted by atomic mass is 16.5. The molecule has 1 N–H and O–H groups in total. The summed E-state index contributed by atoms with van der Waals surface area (Å²) in [6, 6.07) is 1.75. The van der Waals surface area contributed by atoms with Crippen LogP contribution in [0.4, 0.5) is 0 Å². The summed E-state index contributed by atoms with van der Waals surface area (Å²) in [4.78, 5) is 14.1. The van der Waals surface area contributed by atoms with Crippen molar-refractivity contribution in [3.63, 3.8) is 0 Å². The molecule has 0 radical (unpaired) electrons. The van der Waals surface area contributed by atoms with Crippen molar-refractivity contribution < 1.29 is 9.32 Å². The van der Waals surface area contributed by atoms with E-state index < -0.39 is 0 Å². The summed E-state index contributed by atoms with van der Waals surface area (Å²) in [6.07, 6.45) is 5.40. The monoisotopic (exact) mass is 249 g/mol. The minimum absolute atomic E-state index is 0.171. The number of hydrogen-bond acceptors (Lipinski definition) is 4. The molecule has 0 saturated carbocycles. The van der Waals surface area contributed by atoms with E-state index in [1.165, 1.54) is 12.7 Å². The highest BCUT2D eigenvalue weighted by molar-refractivity contribution is 5.78. The second kappa shape index (κ2) is 4.72. The van der Waals surface area contributed by atoms with Crippen molar-refractivity contribution in [2.24, 2.45) is 5.41 Å². The van der Waals surface area contributed by atoms with Crippen molar-refractivity contribution in [2.45, 2.75) is 25.7 Å². The van der Waals surface area contributed by atoms with Gasteiger partial charge in [-0.2, -0.15) is 0 Å². The zero-order valence-corrected chi connectivity index (χ0v) is 10.5. The zero-order chi connectivity index (χ0) is 12.4. The van der Waals surface area contributed by atoms with Gasteiger partial charge in [-0.1, -0.05) is 5.16 Å². The lowest BCUT2D eigenvalue weighted by molar-refractivity contribution is -0.132. The highest BCUT2D eigenvalue weighted by Crippen LogP contribution is 2.36. The first kappa shape index (κ1) is 11.7. The molecule has 1 amide bonds. The number of rotatable bonds is 2. The van der Waals surface area contributed by atoms with Gasteiger partial charge in [-0.25, -0.2) is 0 Å². The maximum atomic E-state index is 12.1. The van der Waals surface area contributed by atoms with Gasteiger partial charge in [-0.3, -0.25) is 4.79 Å². The predicted octanol–water partition coefficient (Wildman–Crippen LogP) is 0.819. The van der Waals surface area contributed by atoms with Gasteiger partial charge in [0.1, 0.15) is 6.26 Å². The number of amides is 1. The van der Waals surface area contributed by atoms with Crippen LogP contribution < -0.4 is 5.32 Å². The van der Waals surface area contributed by atoms with Crippen molar-refractivity contribution >= 4 is 5.91 Å². The summed E-state index contributed by atoms with van der Waals surface area (Å²) in [7, 11) is 0. The minimum atomic E-state index is 0.171. The quantitative estimate of drug-likeness (QED) is 0.843. The Morgan fingerprint density at radius 2 is 2.28 bits per heavy atom. The Kier molecular flexibility index (Phi) is 3.07. The SMILES string of the molecule is O=C(Cc1ccon1)N1CCC2(CCNC2)CC1. The Balaban J connectivity index is 1.54. The molecular weight excluding hydrogens is 230 g/mol. The number of nitrogens with one attached hydrogen (secondary N) is 1. The maximum absolute atomic E-state index is 12.1. The van der Waals surface area contributed by atoms with Gasteiger partial charge in [0, 0.05) is 25.7 Å². The summed E-state index contributed by atoms with van der Waals surface area (Å²) >= 11 is 0. The third kappa shape index (κ3) is 2.27. The van der Waals surface area contributed by atoms with Crippen LogP contribution in [0, 0.1) is 5.41 Å². The predicted molar refractivity (Wildman–Crippen MR) is 65.9 cm³/mol. The molecule has 2 aliphatic heterocycles. The number of carbonyl (C=O) groups is 1. The summed E-state index contributed by atoms with van der Waals surface area (Å²) in [5.41, 5.74) is 1.19. The first-order chi connectivity index (χ1) is 8.77. The van der Waals surface area contributed by atoms with E-state index in [1.807, 2.05) is 4.90 Å². The molecule has 5 nitrogen and oxygen atoms in total.